The lowest BCUT2D eigenvalue weighted by Gasteiger charge is -2.26. The molecule has 1 unspecified atom stereocenters. The molecule has 164 valence electrons. The number of nitrogens with zero attached hydrogens (tertiary/aromatic N) is 1. The van der Waals surface area contributed by atoms with E-state index in [0.717, 1.165) is 0 Å². The lowest BCUT2D eigenvalue weighted by molar-refractivity contribution is -0.902. The van der Waals surface area contributed by atoms with Gasteiger partial charge in [-0.1, -0.05) is 0 Å². The second kappa shape index (κ2) is 10.6. The Bertz CT molecular complexity index is 538. The molecule has 0 aromatic carbocycles. The van der Waals surface area contributed by atoms with Gasteiger partial charge in [-0.2, -0.15) is 4.39 Å². The molecule has 0 saturated carbocycles. The Balaban J connectivity index is 4.77. The Hall–Kier alpha value is -1.90. The highest BCUT2D eigenvalue weighted by Crippen LogP contribution is 2.13. The summed E-state index contributed by atoms with van der Waals surface area (Å²) in [4.78, 5) is 36.3. The van der Waals surface area contributed by atoms with Crippen LogP contribution in [0.2, 0.25) is 0 Å². The van der Waals surface area contributed by atoms with Gasteiger partial charge in [0.1, 0.15) is 30.4 Å². The zero-order chi connectivity index (χ0) is 22.2. The van der Waals surface area contributed by atoms with Crippen LogP contribution in [0, 0.1) is 0 Å². The van der Waals surface area contributed by atoms with Crippen molar-refractivity contribution in [3.8, 4) is 0 Å². The number of alkyl carbamates (subject to hydrolysis) is 1. The van der Waals surface area contributed by atoms with Crippen molar-refractivity contribution in [2.75, 3.05) is 34.0 Å². The van der Waals surface area contributed by atoms with Crippen molar-refractivity contribution < 1.29 is 37.5 Å². The Morgan fingerprint density at radius 3 is 2.00 bits per heavy atom. The standard InChI is InChI=1S/C19H35FN2O6/c1-18(2,3)27-16(24)14(21-17(25)28-19(4,5)6)9-10-15(23)26-12-11-22(7,8)13-20/h14H,9-13H2,1-8H3/p+1. The Labute approximate surface area is 167 Å². The summed E-state index contributed by atoms with van der Waals surface area (Å²) in [6.07, 6.45) is -0.893. The van der Waals surface area contributed by atoms with Gasteiger partial charge in [-0.3, -0.25) is 9.28 Å². The molecule has 1 N–H and O–H groups in total. The predicted molar refractivity (Wildman–Crippen MR) is 102 cm³/mol. The minimum atomic E-state index is -1.06. The van der Waals surface area contributed by atoms with Crippen LogP contribution in [0.4, 0.5) is 9.18 Å². The predicted octanol–water partition coefficient (Wildman–Crippen LogP) is 2.55. The summed E-state index contributed by atoms with van der Waals surface area (Å²) in [6, 6.07) is -1.06. The summed E-state index contributed by atoms with van der Waals surface area (Å²) >= 11 is 0. The number of halogens is 1. The van der Waals surface area contributed by atoms with Crippen LogP contribution in [0.15, 0.2) is 0 Å². The number of rotatable bonds is 9. The molecule has 0 saturated heterocycles. The molecule has 0 rings (SSSR count). The maximum Gasteiger partial charge on any atom is 0.408 e. The van der Waals surface area contributed by atoms with Gasteiger partial charge in [0.2, 0.25) is 6.80 Å². The van der Waals surface area contributed by atoms with E-state index in [4.69, 9.17) is 14.2 Å². The zero-order valence-corrected chi connectivity index (χ0v) is 18.4. The van der Waals surface area contributed by atoms with Crippen molar-refractivity contribution in [2.24, 2.45) is 0 Å². The first-order valence-electron chi connectivity index (χ1n) is 9.30. The smallest absolute Gasteiger partial charge is 0.408 e. The first-order valence-corrected chi connectivity index (χ1v) is 9.30. The molecule has 28 heavy (non-hydrogen) atoms. The van der Waals surface area contributed by atoms with E-state index in [1.807, 2.05) is 0 Å². The normalized spacial score (nSPS) is 13.5. The van der Waals surface area contributed by atoms with Crippen LogP contribution >= 0.6 is 0 Å². The van der Waals surface area contributed by atoms with Gasteiger partial charge in [0, 0.05) is 6.42 Å². The first-order chi connectivity index (χ1) is 12.5. The molecule has 0 aliphatic carbocycles. The monoisotopic (exact) mass is 407 g/mol. The Morgan fingerprint density at radius 2 is 1.54 bits per heavy atom. The van der Waals surface area contributed by atoms with E-state index in [1.165, 1.54) is 0 Å². The van der Waals surface area contributed by atoms with Crippen molar-refractivity contribution in [1.29, 1.82) is 0 Å². The van der Waals surface area contributed by atoms with E-state index in [2.05, 4.69) is 5.32 Å². The summed E-state index contributed by atoms with van der Waals surface area (Å²) < 4.78 is 28.4. The number of ether oxygens (including phenoxy) is 3. The number of esters is 2. The van der Waals surface area contributed by atoms with E-state index in [9.17, 15) is 18.8 Å². The molecule has 0 aromatic rings. The molecule has 0 fully saturated rings. The van der Waals surface area contributed by atoms with Gasteiger partial charge >= 0.3 is 18.0 Å². The van der Waals surface area contributed by atoms with Crippen molar-refractivity contribution in [3.05, 3.63) is 0 Å². The topological polar surface area (TPSA) is 90.9 Å². The number of carbonyl (C=O) groups excluding carboxylic acids is 3. The van der Waals surface area contributed by atoms with E-state index in [0.29, 0.717) is 6.54 Å². The number of quaternary nitrogens is 1. The molecule has 0 aromatic heterocycles. The van der Waals surface area contributed by atoms with E-state index < -0.39 is 42.1 Å². The van der Waals surface area contributed by atoms with Crippen LogP contribution in [0.5, 0.6) is 0 Å². The second-order valence-corrected chi connectivity index (χ2v) is 9.27. The number of alkyl halides is 1. The highest BCUT2D eigenvalue weighted by molar-refractivity contribution is 5.82. The molecular formula is C19H36FN2O6+. The number of hydrogen-bond acceptors (Lipinski definition) is 6. The van der Waals surface area contributed by atoms with E-state index in [-0.39, 0.29) is 23.9 Å². The van der Waals surface area contributed by atoms with Crippen LogP contribution in [0.3, 0.4) is 0 Å². The largest absolute Gasteiger partial charge is 0.460 e. The highest BCUT2D eigenvalue weighted by Gasteiger charge is 2.29. The molecule has 0 spiro atoms. The van der Waals surface area contributed by atoms with Crippen molar-refractivity contribution in [1.82, 2.24) is 5.32 Å². The summed E-state index contributed by atoms with van der Waals surface area (Å²) in [5.41, 5.74) is -1.48. The van der Waals surface area contributed by atoms with E-state index >= 15 is 0 Å². The molecule has 0 heterocycles. The van der Waals surface area contributed by atoms with E-state index in [1.54, 1.807) is 55.6 Å². The van der Waals surface area contributed by atoms with Crippen molar-refractivity contribution in [2.45, 2.75) is 71.6 Å². The fourth-order valence-electron chi connectivity index (χ4n) is 1.87. The maximum atomic E-state index is 12.7. The van der Waals surface area contributed by atoms with Gasteiger partial charge in [-0.15, -0.1) is 0 Å². The average Bonchev–Trinajstić information content (AvgIpc) is 2.47. The lowest BCUT2D eigenvalue weighted by atomic mass is 10.1. The molecule has 0 bridgehead atoms. The third-order valence-corrected chi connectivity index (χ3v) is 3.30. The molecular weight excluding hydrogens is 371 g/mol. The molecule has 9 heteroatoms. The maximum absolute atomic E-state index is 12.7. The number of nitrogens with one attached hydrogen (secondary N) is 1. The fourth-order valence-corrected chi connectivity index (χ4v) is 1.87. The van der Waals surface area contributed by atoms with Crippen molar-refractivity contribution >= 4 is 18.0 Å². The zero-order valence-electron chi connectivity index (χ0n) is 18.4. The molecule has 8 nitrogen and oxygen atoms in total. The summed E-state index contributed by atoms with van der Waals surface area (Å²) in [5, 5.41) is 2.44. The lowest BCUT2D eigenvalue weighted by Crippen LogP contribution is -2.46. The number of likely N-dealkylation sites (N-methyl/N-ethyl adjacent to an activating group) is 1. The van der Waals surface area contributed by atoms with Gasteiger partial charge in [0.25, 0.3) is 0 Å². The average molecular weight is 408 g/mol. The Kier molecular flexibility index (Phi) is 9.87. The van der Waals surface area contributed by atoms with Crippen LogP contribution < -0.4 is 5.32 Å². The quantitative estimate of drug-likeness (QED) is 0.273. The summed E-state index contributed by atoms with van der Waals surface area (Å²) in [7, 11) is 3.36. The fraction of sp³-hybridized carbons (Fsp3) is 0.842. The summed E-state index contributed by atoms with van der Waals surface area (Å²) in [5.74, 6) is -1.21. The van der Waals surface area contributed by atoms with Crippen LogP contribution in [-0.2, 0) is 23.8 Å². The van der Waals surface area contributed by atoms with Crippen LogP contribution in [-0.4, -0.2) is 73.8 Å². The minimum absolute atomic E-state index is 0.00560. The highest BCUT2D eigenvalue weighted by atomic mass is 19.1. The first kappa shape index (κ1) is 26.1. The van der Waals surface area contributed by atoms with Gasteiger partial charge in [-0.05, 0) is 48.0 Å². The minimum Gasteiger partial charge on any atom is -0.460 e. The number of hydrogen-bond donors (Lipinski definition) is 1. The van der Waals surface area contributed by atoms with Crippen LogP contribution in [0.25, 0.3) is 0 Å². The second-order valence-electron chi connectivity index (χ2n) is 9.27. The molecule has 1 amide bonds. The van der Waals surface area contributed by atoms with Gasteiger partial charge in [0.15, 0.2) is 0 Å². The Morgan fingerprint density at radius 1 is 1.00 bits per heavy atom. The third-order valence-electron chi connectivity index (χ3n) is 3.30. The molecule has 1 atom stereocenters. The number of carbonyl (C=O) groups is 3. The molecule has 0 aliphatic rings. The van der Waals surface area contributed by atoms with Gasteiger partial charge < -0.3 is 19.5 Å². The van der Waals surface area contributed by atoms with Crippen molar-refractivity contribution in [3.63, 3.8) is 0 Å². The van der Waals surface area contributed by atoms with Crippen LogP contribution in [0.1, 0.15) is 54.4 Å². The van der Waals surface area contributed by atoms with Gasteiger partial charge in [-0.25, -0.2) is 9.59 Å². The summed E-state index contributed by atoms with van der Waals surface area (Å²) in [6.45, 7) is 10.0. The molecule has 0 radical (unpaired) electrons. The molecule has 0 aliphatic heterocycles. The van der Waals surface area contributed by atoms with Gasteiger partial charge in [0.05, 0.1) is 14.1 Å². The third kappa shape index (κ3) is 13.3. The number of amides is 1. The SMILES string of the molecule is CC(C)(C)OC(=O)NC(CCC(=O)OCC[N+](C)(C)CF)C(=O)OC(C)(C)C.